The lowest BCUT2D eigenvalue weighted by atomic mass is 10.1. The molecule has 0 radical (unpaired) electrons. The zero-order valence-electron chi connectivity index (χ0n) is 18.6. The molecule has 2 aromatic carbocycles. The summed E-state index contributed by atoms with van der Waals surface area (Å²) in [5, 5.41) is 0.565. The summed E-state index contributed by atoms with van der Waals surface area (Å²) in [5.41, 5.74) is 3.43. The quantitative estimate of drug-likeness (QED) is 0.331. The van der Waals surface area contributed by atoms with Crippen molar-refractivity contribution in [2.75, 3.05) is 13.1 Å². The van der Waals surface area contributed by atoms with Crippen molar-refractivity contribution in [2.45, 2.75) is 40.2 Å². The molecule has 7 heteroatoms. The van der Waals surface area contributed by atoms with Gasteiger partial charge in [-0.25, -0.2) is 0 Å². The average molecular weight is 466 g/mol. The van der Waals surface area contributed by atoms with Crippen molar-refractivity contribution in [3.63, 3.8) is 0 Å². The first kappa shape index (κ1) is 22.4. The van der Waals surface area contributed by atoms with Crippen molar-refractivity contribution in [3.8, 4) is 10.4 Å². The number of para-hydroxylation sites is 1. The molecular formula is C25H27N3O2S2. The predicted molar refractivity (Wildman–Crippen MR) is 135 cm³/mol. The Kier molecular flexibility index (Phi) is 6.58. The number of rotatable bonds is 7. The number of aryl methyl sites for hydroxylation is 1. The molecule has 0 fully saturated rings. The Hall–Kier alpha value is -2.77. The second kappa shape index (κ2) is 9.38. The normalized spacial score (nSPS) is 11.3. The van der Waals surface area contributed by atoms with Gasteiger partial charge in [0.05, 0.1) is 15.8 Å². The lowest BCUT2D eigenvalue weighted by Crippen LogP contribution is -2.38. The number of nitrogens with zero attached hydrogens (tertiary/aromatic N) is 3. The summed E-state index contributed by atoms with van der Waals surface area (Å²) in [6.45, 7) is 7.53. The van der Waals surface area contributed by atoms with Crippen LogP contribution in [0.15, 0.2) is 53.3 Å². The zero-order chi connectivity index (χ0) is 22.8. The Morgan fingerprint density at radius 3 is 2.47 bits per heavy atom. The van der Waals surface area contributed by atoms with E-state index in [1.54, 1.807) is 10.6 Å². The monoisotopic (exact) mass is 465 g/mol. The van der Waals surface area contributed by atoms with Crippen molar-refractivity contribution >= 4 is 46.0 Å². The molecule has 2 aromatic heterocycles. The van der Waals surface area contributed by atoms with Gasteiger partial charge in [-0.2, -0.15) is 0 Å². The highest BCUT2D eigenvalue weighted by molar-refractivity contribution is 7.73. The molecule has 1 amide bonds. The lowest BCUT2D eigenvalue weighted by Gasteiger charge is -2.22. The molecule has 0 atom stereocenters. The number of hydrogen-bond donors (Lipinski definition) is 0. The minimum absolute atomic E-state index is 0.00249. The second-order valence-corrected chi connectivity index (χ2v) is 9.66. The van der Waals surface area contributed by atoms with Gasteiger partial charge in [-0.1, -0.05) is 55.8 Å². The van der Waals surface area contributed by atoms with Crippen LogP contribution in [0.4, 0.5) is 0 Å². The van der Waals surface area contributed by atoms with Gasteiger partial charge in [0.15, 0.2) is 3.95 Å². The van der Waals surface area contributed by atoms with Crippen LogP contribution in [-0.2, 0) is 11.3 Å². The predicted octanol–water partition coefficient (Wildman–Crippen LogP) is 5.67. The first-order valence-electron chi connectivity index (χ1n) is 11.0. The first-order chi connectivity index (χ1) is 15.5. The topological polar surface area (TPSA) is 46.7 Å². The molecule has 5 nitrogen and oxygen atoms in total. The first-order valence-corrected chi connectivity index (χ1v) is 12.2. The van der Waals surface area contributed by atoms with Crippen LogP contribution < -0.4 is 5.56 Å². The maximum atomic E-state index is 13.6. The Labute approximate surface area is 196 Å². The van der Waals surface area contributed by atoms with E-state index in [0.717, 1.165) is 34.4 Å². The Morgan fingerprint density at radius 1 is 1.06 bits per heavy atom. The summed E-state index contributed by atoms with van der Waals surface area (Å²) in [6, 6.07) is 15.6. The van der Waals surface area contributed by atoms with Crippen molar-refractivity contribution in [3.05, 3.63) is 68.4 Å². The number of amides is 1. The zero-order valence-corrected chi connectivity index (χ0v) is 20.3. The number of hydrogen-bond acceptors (Lipinski definition) is 4. The minimum atomic E-state index is -0.163. The van der Waals surface area contributed by atoms with Crippen LogP contribution in [0.2, 0.25) is 0 Å². The maximum absolute atomic E-state index is 13.6. The second-order valence-electron chi connectivity index (χ2n) is 8.01. The Balaban J connectivity index is 2.02. The molecule has 0 unspecified atom stereocenters. The van der Waals surface area contributed by atoms with E-state index in [1.807, 2.05) is 52.6 Å². The smallest absolute Gasteiger partial charge is 0.262 e. The molecule has 0 aliphatic carbocycles. The molecule has 2 heterocycles. The van der Waals surface area contributed by atoms with Crippen LogP contribution in [0, 0.1) is 10.9 Å². The highest BCUT2D eigenvalue weighted by atomic mass is 32.1. The van der Waals surface area contributed by atoms with Gasteiger partial charge in [0, 0.05) is 13.1 Å². The molecule has 0 bridgehead atoms. The molecule has 0 spiro atoms. The fourth-order valence-corrected chi connectivity index (χ4v) is 5.59. The van der Waals surface area contributed by atoms with E-state index >= 15 is 0 Å². The fraction of sp³-hybridized carbons (Fsp3) is 0.320. The molecule has 4 aromatic rings. The third-order valence-electron chi connectivity index (χ3n) is 5.58. The van der Waals surface area contributed by atoms with Crippen LogP contribution in [0.3, 0.4) is 0 Å². The summed E-state index contributed by atoms with van der Waals surface area (Å²) in [5.74, 6) is -0.0414. The van der Waals surface area contributed by atoms with Gasteiger partial charge in [0.1, 0.15) is 12.2 Å². The van der Waals surface area contributed by atoms with Crippen LogP contribution in [-0.4, -0.2) is 32.9 Å². The van der Waals surface area contributed by atoms with Gasteiger partial charge in [-0.3, -0.25) is 18.6 Å². The summed E-state index contributed by atoms with van der Waals surface area (Å²) < 4.78 is 4.23. The highest BCUT2D eigenvalue weighted by Crippen LogP contribution is 2.33. The average Bonchev–Trinajstić information content (AvgIpc) is 3.13. The number of benzene rings is 2. The SMILES string of the molecule is CCCN(CCC)C(=O)Cn1c(=O)c2ccccc2n2c(=S)sc(-c3cccc(C)c3)c12. The molecular weight excluding hydrogens is 438 g/mol. The van der Waals surface area contributed by atoms with Gasteiger partial charge >= 0.3 is 0 Å². The van der Waals surface area contributed by atoms with Crippen molar-refractivity contribution in [2.24, 2.45) is 0 Å². The van der Waals surface area contributed by atoms with Crippen LogP contribution in [0.1, 0.15) is 32.3 Å². The van der Waals surface area contributed by atoms with Gasteiger partial charge < -0.3 is 4.90 Å². The summed E-state index contributed by atoms with van der Waals surface area (Å²) in [6.07, 6.45) is 1.76. The largest absolute Gasteiger partial charge is 0.341 e. The molecule has 4 rings (SSSR count). The van der Waals surface area contributed by atoms with Crippen LogP contribution in [0.5, 0.6) is 0 Å². The third kappa shape index (κ3) is 4.02. The number of carbonyl (C=O) groups is 1. The fourth-order valence-electron chi connectivity index (χ4n) is 4.17. The van der Waals surface area contributed by atoms with E-state index in [0.29, 0.717) is 28.1 Å². The maximum Gasteiger partial charge on any atom is 0.262 e. The van der Waals surface area contributed by atoms with E-state index < -0.39 is 0 Å². The van der Waals surface area contributed by atoms with Gasteiger partial charge in [-0.15, -0.1) is 11.3 Å². The third-order valence-corrected chi connectivity index (χ3v) is 6.99. The Morgan fingerprint density at radius 2 is 1.78 bits per heavy atom. The molecule has 32 heavy (non-hydrogen) atoms. The van der Waals surface area contributed by atoms with Gasteiger partial charge in [0.25, 0.3) is 5.56 Å². The summed E-state index contributed by atoms with van der Waals surface area (Å²) in [7, 11) is 0. The van der Waals surface area contributed by atoms with Crippen LogP contribution in [0.25, 0.3) is 27.0 Å². The highest BCUT2D eigenvalue weighted by Gasteiger charge is 2.21. The van der Waals surface area contributed by atoms with E-state index in [-0.39, 0.29) is 18.0 Å². The van der Waals surface area contributed by atoms with E-state index in [1.165, 1.54) is 11.3 Å². The number of aromatic nitrogens is 2. The van der Waals surface area contributed by atoms with E-state index in [9.17, 15) is 9.59 Å². The van der Waals surface area contributed by atoms with Crippen LogP contribution >= 0.6 is 23.6 Å². The minimum Gasteiger partial charge on any atom is -0.341 e. The standard InChI is InChI=1S/C25H27N3O2S2/c1-4-13-26(14-5-2)21(29)16-27-23-22(18-10-8-9-17(3)15-18)32-25(31)28(23)20-12-7-6-11-19(20)24(27)30/h6-12,15H,4-5,13-14,16H2,1-3H3. The number of fused-ring (bicyclic) bond motifs is 3. The van der Waals surface area contributed by atoms with E-state index in [4.69, 9.17) is 12.2 Å². The summed E-state index contributed by atoms with van der Waals surface area (Å²) >= 11 is 7.23. The number of thiazole rings is 1. The molecule has 0 N–H and O–H groups in total. The number of carbonyl (C=O) groups excluding carboxylic acids is 1. The van der Waals surface area contributed by atoms with Crippen molar-refractivity contribution in [1.29, 1.82) is 0 Å². The van der Waals surface area contributed by atoms with E-state index in [2.05, 4.69) is 19.9 Å². The molecule has 166 valence electrons. The molecule has 0 aliphatic heterocycles. The Bertz CT molecular complexity index is 1410. The molecule has 0 saturated carbocycles. The molecule has 0 saturated heterocycles. The molecule has 0 aliphatic rings. The lowest BCUT2D eigenvalue weighted by molar-refractivity contribution is -0.131. The van der Waals surface area contributed by atoms with Crippen molar-refractivity contribution < 1.29 is 4.79 Å². The summed E-state index contributed by atoms with van der Waals surface area (Å²) in [4.78, 5) is 29.7. The van der Waals surface area contributed by atoms with Gasteiger partial charge in [0.2, 0.25) is 5.91 Å². The van der Waals surface area contributed by atoms with Gasteiger partial charge in [-0.05, 0) is 49.7 Å². The van der Waals surface area contributed by atoms with Crippen molar-refractivity contribution in [1.82, 2.24) is 13.9 Å².